The molecule has 0 aromatic carbocycles. The van der Waals surface area contributed by atoms with Gasteiger partial charge < -0.3 is 5.73 Å². The average molecular weight is 202 g/mol. The summed E-state index contributed by atoms with van der Waals surface area (Å²) in [5, 5.41) is 2.96. The number of thiophene rings is 1. The van der Waals surface area contributed by atoms with E-state index in [0.717, 1.165) is 11.6 Å². The molecule has 0 bridgehead atoms. The van der Waals surface area contributed by atoms with Crippen molar-refractivity contribution < 1.29 is 0 Å². The Morgan fingerprint density at radius 3 is 2.67 bits per heavy atom. The molecule has 1 aliphatic carbocycles. The molecule has 0 atom stereocenters. The van der Waals surface area contributed by atoms with Crippen molar-refractivity contribution in [3.05, 3.63) is 21.3 Å². The van der Waals surface area contributed by atoms with E-state index in [-0.39, 0.29) is 5.41 Å². The second kappa shape index (κ2) is 3.02. The Kier molecular flexibility index (Phi) is 2.15. The van der Waals surface area contributed by atoms with Crippen molar-refractivity contribution in [1.82, 2.24) is 0 Å². The fourth-order valence-corrected chi connectivity index (χ4v) is 3.33. The lowest BCUT2D eigenvalue weighted by Gasteiger charge is -2.40. The molecule has 2 rings (SSSR count). The third-order valence-corrected chi connectivity index (χ3v) is 4.39. The van der Waals surface area contributed by atoms with Gasteiger partial charge in [-0.05, 0) is 24.3 Å². The van der Waals surface area contributed by atoms with E-state index in [4.69, 9.17) is 17.3 Å². The van der Waals surface area contributed by atoms with Gasteiger partial charge in [-0.1, -0.05) is 18.0 Å². The molecule has 1 aromatic heterocycles. The van der Waals surface area contributed by atoms with Crippen LogP contribution in [0.2, 0.25) is 5.02 Å². The van der Waals surface area contributed by atoms with Gasteiger partial charge in [0.05, 0.1) is 5.02 Å². The van der Waals surface area contributed by atoms with Gasteiger partial charge in [-0.3, -0.25) is 0 Å². The Labute approximate surface area is 81.5 Å². The van der Waals surface area contributed by atoms with Crippen LogP contribution in [0.1, 0.15) is 24.1 Å². The van der Waals surface area contributed by atoms with Crippen molar-refractivity contribution in [3.8, 4) is 0 Å². The monoisotopic (exact) mass is 201 g/mol. The summed E-state index contributed by atoms with van der Waals surface area (Å²) in [7, 11) is 0. The zero-order valence-corrected chi connectivity index (χ0v) is 8.42. The summed E-state index contributed by atoms with van der Waals surface area (Å²) in [6.07, 6.45) is 3.72. The maximum Gasteiger partial charge on any atom is 0.0551 e. The van der Waals surface area contributed by atoms with E-state index >= 15 is 0 Å². The summed E-state index contributed by atoms with van der Waals surface area (Å²) in [6, 6.07) is 1.97. The van der Waals surface area contributed by atoms with Crippen LogP contribution in [0.4, 0.5) is 0 Å². The molecule has 0 amide bonds. The molecule has 66 valence electrons. The van der Waals surface area contributed by atoms with Crippen molar-refractivity contribution in [1.29, 1.82) is 0 Å². The minimum absolute atomic E-state index is 0.241. The summed E-state index contributed by atoms with van der Waals surface area (Å²) in [4.78, 5) is 1.30. The van der Waals surface area contributed by atoms with Crippen molar-refractivity contribution >= 4 is 22.9 Å². The van der Waals surface area contributed by atoms with Crippen LogP contribution in [0, 0.1) is 0 Å². The molecule has 12 heavy (non-hydrogen) atoms. The van der Waals surface area contributed by atoms with Crippen LogP contribution in [0.25, 0.3) is 0 Å². The van der Waals surface area contributed by atoms with Gasteiger partial charge >= 0.3 is 0 Å². The Balaban J connectivity index is 2.33. The van der Waals surface area contributed by atoms with Crippen LogP contribution < -0.4 is 5.73 Å². The van der Waals surface area contributed by atoms with Gasteiger partial charge in [-0.15, -0.1) is 11.3 Å². The first-order chi connectivity index (χ1) is 5.78. The second-order valence-corrected chi connectivity index (χ2v) is 4.76. The van der Waals surface area contributed by atoms with Crippen molar-refractivity contribution in [2.75, 3.05) is 6.54 Å². The Hall–Kier alpha value is -0.0500. The number of halogens is 1. The zero-order valence-electron chi connectivity index (χ0n) is 6.85. The highest BCUT2D eigenvalue weighted by atomic mass is 35.5. The topological polar surface area (TPSA) is 26.0 Å². The molecule has 0 saturated heterocycles. The summed E-state index contributed by atoms with van der Waals surface area (Å²) in [5.41, 5.74) is 6.02. The summed E-state index contributed by atoms with van der Waals surface area (Å²) in [6.45, 7) is 0.743. The summed E-state index contributed by atoms with van der Waals surface area (Å²) in [5.74, 6) is 0. The third-order valence-electron chi connectivity index (χ3n) is 2.80. The molecule has 2 N–H and O–H groups in total. The van der Waals surface area contributed by atoms with Gasteiger partial charge in [-0.25, -0.2) is 0 Å². The smallest absolute Gasteiger partial charge is 0.0551 e. The maximum atomic E-state index is 6.07. The minimum Gasteiger partial charge on any atom is -0.330 e. The van der Waals surface area contributed by atoms with Crippen LogP contribution in [0.15, 0.2) is 11.4 Å². The van der Waals surface area contributed by atoms with Crippen LogP contribution in [-0.2, 0) is 5.41 Å². The van der Waals surface area contributed by atoms with Crippen LogP contribution in [0.3, 0.4) is 0 Å². The highest BCUT2D eigenvalue weighted by Gasteiger charge is 2.39. The second-order valence-electron chi connectivity index (χ2n) is 3.44. The van der Waals surface area contributed by atoms with Gasteiger partial charge in [0.15, 0.2) is 0 Å². The minimum atomic E-state index is 0.241. The molecule has 1 saturated carbocycles. The lowest BCUT2D eigenvalue weighted by molar-refractivity contribution is 0.258. The normalized spacial score (nSPS) is 20.5. The lowest BCUT2D eigenvalue weighted by atomic mass is 9.68. The fraction of sp³-hybridized carbons (Fsp3) is 0.556. The van der Waals surface area contributed by atoms with Gasteiger partial charge in [0.2, 0.25) is 0 Å². The van der Waals surface area contributed by atoms with E-state index in [9.17, 15) is 0 Å². The Morgan fingerprint density at radius 1 is 1.58 bits per heavy atom. The molecule has 1 fully saturated rings. The van der Waals surface area contributed by atoms with E-state index in [0.29, 0.717) is 0 Å². The van der Waals surface area contributed by atoms with Gasteiger partial charge in [0.25, 0.3) is 0 Å². The van der Waals surface area contributed by atoms with Gasteiger partial charge in [-0.2, -0.15) is 0 Å². The van der Waals surface area contributed by atoms with Crippen molar-refractivity contribution in [2.45, 2.75) is 24.7 Å². The van der Waals surface area contributed by atoms with Crippen LogP contribution >= 0.6 is 22.9 Å². The number of rotatable bonds is 2. The van der Waals surface area contributed by atoms with E-state index in [2.05, 4.69) is 0 Å². The first-order valence-electron chi connectivity index (χ1n) is 4.22. The van der Waals surface area contributed by atoms with E-state index in [1.807, 2.05) is 11.4 Å². The molecular weight excluding hydrogens is 190 g/mol. The lowest BCUT2D eigenvalue weighted by Crippen LogP contribution is -2.40. The third kappa shape index (κ3) is 1.10. The SMILES string of the molecule is NCC1(c2sccc2Cl)CCC1. The molecule has 3 heteroatoms. The standard InChI is InChI=1S/C9H12ClNS/c10-7-2-5-12-8(7)9(6-11)3-1-4-9/h2,5H,1,3-4,6,11H2. The van der Waals surface area contributed by atoms with Crippen molar-refractivity contribution in [2.24, 2.45) is 5.73 Å². The van der Waals surface area contributed by atoms with Gasteiger partial charge in [0, 0.05) is 16.8 Å². The molecule has 0 radical (unpaired) electrons. The largest absolute Gasteiger partial charge is 0.330 e. The summed E-state index contributed by atoms with van der Waals surface area (Å²) < 4.78 is 0. The molecule has 0 aliphatic heterocycles. The van der Waals surface area contributed by atoms with Crippen LogP contribution in [0.5, 0.6) is 0 Å². The molecule has 1 aliphatic rings. The molecule has 0 spiro atoms. The van der Waals surface area contributed by atoms with E-state index < -0.39 is 0 Å². The molecule has 0 unspecified atom stereocenters. The molecule has 1 aromatic rings. The molecule has 1 heterocycles. The maximum absolute atomic E-state index is 6.07. The number of hydrogen-bond acceptors (Lipinski definition) is 2. The van der Waals surface area contributed by atoms with E-state index in [1.165, 1.54) is 24.1 Å². The zero-order chi connectivity index (χ0) is 8.60. The van der Waals surface area contributed by atoms with E-state index in [1.54, 1.807) is 11.3 Å². The average Bonchev–Trinajstić information content (AvgIpc) is 2.36. The van der Waals surface area contributed by atoms with Gasteiger partial charge in [0.1, 0.15) is 0 Å². The highest BCUT2D eigenvalue weighted by molar-refractivity contribution is 7.10. The molecular formula is C9H12ClNS. The quantitative estimate of drug-likeness (QED) is 0.783. The first-order valence-corrected chi connectivity index (χ1v) is 5.48. The highest BCUT2D eigenvalue weighted by Crippen LogP contribution is 2.47. The van der Waals surface area contributed by atoms with Crippen molar-refractivity contribution in [3.63, 3.8) is 0 Å². The fourth-order valence-electron chi connectivity index (χ4n) is 1.80. The Morgan fingerprint density at radius 2 is 2.33 bits per heavy atom. The summed E-state index contributed by atoms with van der Waals surface area (Å²) >= 11 is 7.82. The number of hydrogen-bond donors (Lipinski definition) is 1. The first kappa shape index (κ1) is 8.54. The molecule has 1 nitrogen and oxygen atoms in total. The Bertz CT molecular complexity index is 272. The van der Waals surface area contributed by atoms with Crippen LogP contribution in [-0.4, -0.2) is 6.54 Å². The predicted octanol–water partition coefficient (Wildman–Crippen LogP) is 2.78. The number of nitrogens with two attached hydrogens (primary N) is 1. The predicted molar refractivity (Wildman–Crippen MR) is 53.9 cm³/mol.